The van der Waals surface area contributed by atoms with Crippen molar-refractivity contribution in [2.45, 2.75) is 19.4 Å². The third kappa shape index (κ3) is 2.21. The van der Waals surface area contributed by atoms with E-state index in [2.05, 4.69) is 34.1 Å². The average Bonchev–Trinajstić information content (AvgIpc) is 2.60. The van der Waals surface area contributed by atoms with E-state index < -0.39 is 5.95 Å². The molecule has 0 unspecified atom stereocenters. The molecule has 0 N–H and O–H groups in total. The van der Waals surface area contributed by atoms with E-state index in [1.54, 1.807) is 0 Å². The van der Waals surface area contributed by atoms with Crippen LogP contribution in [-0.4, -0.2) is 11.5 Å². The van der Waals surface area contributed by atoms with Crippen molar-refractivity contribution in [3.63, 3.8) is 0 Å². The molecule has 1 aliphatic heterocycles. The number of pyridine rings is 1. The normalized spacial score (nSPS) is 15.1. The van der Waals surface area contributed by atoms with Crippen LogP contribution in [0.5, 0.6) is 0 Å². The number of rotatable bonds is 1. The Morgan fingerprint density at radius 1 is 1.11 bits per heavy atom. The summed E-state index contributed by atoms with van der Waals surface area (Å²) in [4.78, 5) is 5.83. The maximum Gasteiger partial charge on any atom is 0.214 e. The van der Waals surface area contributed by atoms with Crippen LogP contribution < -0.4 is 4.90 Å². The molecule has 1 aromatic heterocycles. The SMILES string of the molecule is Fc1cc(N2CCCc3ccccc3C2)ccn1. The number of halogens is 1. The molecular formula is C15H15FN2. The van der Waals surface area contributed by atoms with Crippen molar-refractivity contribution in [1.29, 1.82) is 0 Å². The number of aromatic nitrogens is 1. The third-order valence-corrected chi connectivity index (χ3v) is 3.43. The monoisotopic (exact) mass is 242 g/mol. The van der Waals surface area contributed by atoms with Gasteiger partial charge in [0.25, 0.3) is 0 Å². The average molecular weight is 242 g/mol. The summed E-state index contributed by atoms with van der Waals surface area (Å²) in [6.45, 7) is 1.80. The number of hydrogen-bond acceptors (Lipinski definition) is 2. The van der Waals surface area contributed by atoms with Crippen LogP contribution in [-0.2, 0) is 13.0 Å². The molecule has 0 bridgehead atoms. The lowest BCUT2D eigenvalue weighted by Gasteiger charge is -2.23. The maximum atomic E-state index is 13.2. The van der Waals surface area contributed by atoms with Crippen LogP contribution in [0.4, 0.5) is 10.1 Å². The topological polar surface area (TPSA) is 16.1 Å². The van der Waals surface area contributed by atoms with Crippen molar-refractivity contribution in [2.75, 3.05) is 11.4 Å². The van der Waals surface area contributed by atoms with Crippen LogP contribution in [0.2, 0.25) is 0 Å². The Hall–Kier alpha value is -1.90. The number of aryl methyl sites for hydroxylation is 1. The van der Waals surface area contributed by atoms with E-state index >= 15 is 0 Å². The van der Waals surface area contributed by atoms with E-state index in [-0.39, 0.29) is 0 Å². The van der Waals surface area contributed by atoms with Crippen molar-refractivity contribution in [3.05, 3.63) is 59.7 Å². The highest BCUT2D eigenvalue weighted by Crippen LogP contribution is 2.23. The summed E-state index contributed by atoms with van der Waals surface area (Å²) >= 11 is 0. The lowest BCUT2D eigenvalue weighted by atomic mass is 10.0. The molecular weight excluding hydrogens is 227 g/mol. The number of nitrogens with zero attached hydrogens (tertiary/aromatic N) is 2. The molecule has 0 atom stereocenters. The van der Waals surface area contributed by atoms with Gasteiger partial charge in [-0.3, -0.25) is 0 Å². The molecule has 3 heteroatoms. The molecule has 0 saturated heterocycles. The Kier molecular flexibility index (Phi) is 2.97. The number of anilines is 1. The quantitative estimate of drug-likeness (QED) is 0.714. The van der Waals surface area contributed by atoms with Gasteiger partial charge in [-0.25, -0.2) is 4.98 Å². The zero-order valence-corrected chi connectivity index (χ0v) is 10.1. The predicted molar refractivity (Wildman–Crippen MR) is 70.0 cm³/mol. The van der Waals surface area contributed by atoms with Gasteiger partial charge in [0.15, 0.2) is 0 Å². The first-order valence-electron chi connectivity index (χ1n) is 6.26. The molecule has 0 amide bonds. The lowest BCUT2D eigenvalue weighted by molar-refractivity contribution is 0.582. The fourth-order valence-electron chi connectivity index (χ4n) is 2.51. The van der Waals surface area contributed by atoms with Crippen molar-refractivity contribution in [2.24, 2.45) is 0 Å². The standard InChI is InChI=1S/C15H15FN2/c16-15-10-14(7-8-17-15)18-9-3-6-12-4-1-2-5-13(12)11-18/h1-2,4-5,7-8,10H,3,6,9,11H2. The van der Waals surface area contributed by atoms with Crippen molar-refractivity contribution in [1.82, 2.24) is 4.98 Å². The fraction of sp³-hybridized carbons (Fsp3) is 0.267. The van der Waals surface area contributed by atoms with Gasteiger partial charge in [-0.15, -0.1) is 0 Å². The first-order valence-corrected chi connectivity index (χ1v) is 6.26. The van der Waals surface area contributed by atoms with E-state index in [0.29, 0.717) is 0 Å². The minimum atomic E-state index is -0.412. The van der Waals surface area contributed by atoms with Crippen LogP contribution in [0.25, 0.3) is 0 Å². The van der Waals surface area contributed by atoms with Gasteiger partial charge in [-0.1, -0.05) is 24.3 Å². The van der Waals surface area contributed by atoms with Crippen molar-refractivity contribution >= 4 is 5.69 Å². The molecule has 18 heavy (non-hydrogen) atoms. The van der Waals surface area contributed by atoms with Gasteiger partial charge < -0.3 is 4.90 Å². The maximum absolute atomic E-state index is 13.2. The molecule has 2 heterocycles. The highest BCUT2D eigenvalue weighted by molar-refractivity contribution is 5.47. The number of benzene rings is 1. The molecule has 92 valence electrons. The molecule has 0 aliphatic carbocycles. The van der Waals surface area contributed by atoms with Crippen LogP contribution in [0, 0.1) is 5.95 Å². The number of fused-ring (bicyclic) bond motifs is 1. The Bertz CT molecular complexity index is 554. The molecule has 2 nitrogen and oxygen atoms in total. The van der Waals surface area contributed by atoms with E-state index in [9.17, 15) is 4.39 Å². The summed E-state index contributed by atoms with van der Waals surface area (Å²) < 4.78 is 13.2. The van der Waals surface area contributed by atoms with Crippen molar-refractivity contribution in [3.8, 4) is 0 Å². The van der Waals surface area contributed by atoms with E-state index in [0.717, 1.165) is 31.6 Å². The third-order valence-electron chi connectivity index (χ3n) is 3.43. The van der Waals surface area contributed by atoms with Crippen LogP contribution in [0.15, 0.2) is 42.6 Å². The highest BCUT2D eigenvalue weighted by Gasteiger charge is 2.14. The summed E-state index contributed by atoms with van der Waals surface area (Å²) in [5.74, 6) is -0.412. The minimum Gasteiger partial charge on any atom is -0.367 e. The summed E-state index contributed by atoms with van der Waals surface area (Å²) in [5.41, 5.74) is 3.67. The van der Waals surface area contributed by atoms with E-state index in [1.807, 2.05) is 6.07 Å². The molecule has 1 aromatic carbocycles. The first kappa shape index (κ1) is 11.2. The van der Waals surface area contributed by atoms with Gasteiger partial charge in [0.2, 0.25) is 5.95 Å². The largest absolute Gasteiger partial charge is 0.367 e. The fourth-order valence-corrected chi connectivity index (χ4v) is 2.51. The first-order chi connectivity index (χ1) is 8.83. The highest BCUT2D eigenvalue weighted by atomic mass is 19.1. The van der Waals surface area contributed by atoms with Crippen molar-refractivity contribution < 1.29 is 4.39 Å². The lowest BCUT2D eigenvalue weighted by Crippen LogP contribution is -2.22. The predicted octanol–water partition coefficient (Wildman–Crippen LogP) is 3.17. The molecule has 0 radical (unpaired) electrons. The van der Waals surface area contributed by atoms with Gasteiger partial charge in [0, 0.05) is 31.0 Å². The Labute approximate surface area is 106 Å². The Balaban J connectivity index is 1.91. The second-order valence-electron chi connectivity index (χ2n) is 4.63. The van der Waals surface area contributed by atoms with E-state index in [1.165, 1.54) is 23.4 Å². The second kappa shape index (κ2) is 4.77. The molecule has 1 aliphatic rings. The van der Waals surface area contributed by atoms with Gasteiger partial charge in [0.1, 0.15) is 0 Å². The van der Waals surface area contributed by atoms with Crippen LogP contribution >= 0.6 is 0 Å². The summed E-state index contributed by atoms with van der Waals surface area (Å²) in [6, 6.07) is 11.9. The second-order valence-corrected chi connectivity index (χ2v) is 4.63. The number of hydrogen-bond donors (Lipinski definition) is 0. The van der Waals surface area contributed by atoms with E-state index in [4.69, 9.17) is 0 Å². The Morgan fingerprint density at radius 2 is 1.94 bits per heavy atom. The Morgan fingerprint density at radius 3 is 2.78 bits per heavy atom. The van der Waals surface area contributed by atoms with Crippen LogP contribution in [0.3, 0.4) is 0 Å². The van der Waals surface area contributed by atoms with Gasteiger partial charge >= 0.3 is 0 Å². The molecule has 2 aromatic rings. The molecule has 3 rings (SSSR count). The molecule has 0 saturated carbocycles. The molecule has 0 spiro atoms. The molecule has 0 fully saturated rings. The minimum absolute atomic E-state index is 0.412. The van der Waals surface area contributed by atoms with Crippen LogP contribution in [0.1, 0.15) is 17.5 Å². The zero-order valence-electron chi connectivity index (χ0n) is 10.1. The summed E-state index contributed by atoms with van der Waals surface area (Å²) in [6.07, 6.45) is 3.72. The van der Waals surface area contributed by atoms with Gasteiger partial charge in [0.05, 0.1) is 0 Å². The van der Waals surface area contributed by atoms with Gasteiger partial charge in [-0.05, 0) is 30.0 Å². The van der Waals surface area contributed by atoms with Gasteiger partial charge in [-0.2, -0.15) is 4.39 Å². The smallest absolute Gasteiger partial charge is 0.214 e. The summed E-state index contributed by atoms with van der Waals surface area (Å²) in [7, 11) is 0. The zero-order chi connectivity index (χ0) is 12.4. The summed E-state index contributed by atoms with van der Waals surface area (Å²) in [5, 5.41) is 0.